The first-order valence-corrected chi connectivity index (χ1v) is 6.87. The largest absolute Gasteiger partial charge is 0.444 e. The lowest BCUT2D eigenvalue weighted by Crippen LogP contribution is -2.48. The topological polar surface area (TPSA) is 46.6 Å². The number of ketones is 1. The number of carbonyl (C=O) groups is 2. The Morgan fingerprint density at radius 2 is 2.06 bits per heavy atom. The third-order valence-electron chi connectivity index (χ3n) is 3.80. The maximum atomic E-state index is 12.0. The Balaban J connectivity index is 1.94. The molecule has 4 nitrogen and oxygen atoms in total. The number of Topliss-reactive ketones (excluding diaryl/α,β-unsaturated/α-hetero) is 1. The van der Waals surface area contributed by atoms with Crippen LogP contribution < -0.4 is 0 Å². The first kappa shape index (κ1) is 13.4. The standard InChI is InChI=1S/C14H23NO3/c1-14(2,3)18-13(17)15-8-7-11-10(9-15)5-4-6-12(11)16/h10-11H,4-9H2,1-3H3. The highest BCUT2D eigenvalue weighted by Gasteiger charge is 2.38. The smallest absolute Gasteiger partial charge is 0.410 e. The van der Waals surface area contributed by atoms with E-state index in [0.717, 1.165) is 25.7 Å². The molecule has 0 N–H and O–H groups in total. The number of ether oxygens (including phenoxy) is 1. The van der Waals surface area contributed by atoms with E-state index >= 15 is 0 Å². The second-order valence-electron chi connectivity index (χ2n) is 6.44. The van der Waals surface area contributed by atoms with Crippen molar-refractivity contribution in [1.82, 2.24) is 4.90 Å². The van der Waals surface area contributed by atoms with E-state index in [1.807, 2.05) is 20.8 Å². The van der Waals surface area contributed by atoms with Gasteiger partial charge in [-0.3, -0.25) is 4.79 Å². The van der Waals surface area contributed by atoms with Crippen molar-refractivity contribution in [2.24, 2.45) is 11.8 Å². The highest BCUT2D eigenvalue weighted by atomic mass is 16.6. The molecular formula is C14H23NO3. The number of carbonyl (C=O) groups excluding carboxylic acids is 2. The summed E-state index contributed by atoms with van der Waals surface area (Å²) in [6, 6.07) is 0. The highest BCUT2D eigenvalue weighted by Crippen LogP contribution is 2.34. The first-order chi connectivity index (χ1) is 8.37. The molecule has 4 heteroatoms. The molecule has 1 heterocycles. The van der Waals surface area contributed by atoms with Gasteiger partial charge in [0.1, 0.15) is 11.4 Å². The molecule has 2 rings (SSSR count). The van der Waals surface area contributed by atoms with Gasteiger partial charge in [0, 0.05) is 25.4 Å². The molecular weight excluding hydrogens is 230 g/mol. The van der Waals surface area contributed by atoms with Crippen LogP contribution in [0, 0.1) is 11.8 Å². The van der Waals surface area contributed by atoms with E-state index in [1.54, 1.807) is 4.90 Å². The van der Waals surface area contributed by atoms with Crippen LogP contribution in [-0.4, -0.2) is 35.5 Å². The Hall–Kier alpha value is -1.06. The first-order valence-electron chi connectivity index (χ1n) is 6.87. The number of rotatable bonds is 0. The van der Waals surface area contributed by atoms with Gasteiger partial charge in [0.05, 0.1) is 0 Å². The molecule has 0 bridgehead atoms. The predicted octanol–water partition coefficient (Wildman–Crippen LogP) is 2.61. The summed E-state index contributed by atoms with van der Waals surface area (Å²) < 4.78 is 5.39. The summed E-state index contributed by atoms with van der Waals surface area (Å²) in [6.45, 7) is 6.97. The summed E-state index contributed by atoms with van der Waals surface area (Å²) in [5.74, 6) is 0.944. The number of hydrogen-bond acceptors (Lipinski definition) is 3. The van der Waals surface area contributed by atoms with Crippen LogP contribution in [-0.2, 0) is 9.53 Å². The molecule has 0 spiro atoms. The molecule has 102 valence electrons. The van der Waals surface area contributed by atoms with E-state index in [9.17, 15) is 9.59 Å². The zero-order valence-electron chi connectivity index (χ0n) is 11.6. The summed E-state index contributed by atoms with van der Waals surface area (Å²) in [6.07, 6.45) is 3.34. The Morgan fingerprint density at radius 3 is 2.72 bits per heavy atom. The fourth-order valence-corrected chi connectivity index (χ4v) is 2.96. The van der Waals surface area contributed by atoms with Gasteiger partial charge in [-0.25, -0.2) is 4.79 Å². The predicted molar refractivity (Wildman–Crippen MR) is 68.3 cm³/mol. The van der Waals surface area contributed by atoms with Crippen molar-refractivity contribution in [3.63, 3.8) is 0 Å². The van der Waals surface area contributed by atoms with Crippen molar-refractivity contribution in [2.75, 3.05) is 13.1 Å². The molecule has 2 unspecified atom stereocenters. The average Bonchev–Trinajstić information content (AvgIpc) is 2.26. The summed E-state index contributed by atoms with van der Waals surface area (Å²) >= 11 is 0. The van der Waals surface area contributed by atoms with E-state index in [1.165, 1.54) is 0 Å². The minimum Gasteiger partial charge on any atom is -0.444 e. The van der Waals surface area contributed by atoms with Crippen LogP contribution in [0.15, 0.2) is 0 Å². The van der Waals surface area contributed by atoms with E-state index < -0.39 is 5.60 Å². The van der Waals surface area contributed by atoms with E-state index in [4.69, 9.17) is 4.74 Å². The zero-order chi connectivity index (χ0) is 13.3. The van der Waals surface area contributed by atoms with Gasteiger partial charge in [0.2, 0.25) is 0 Å². The molecule has 1 aliphatic carbocycles. The molecule has 2 aliphatic rings. The molecule has 1 aliphatic heterocycles. The van der Waals surface area contributed by atoms with Crippen molar-refractivity contribution in [2.45, 2.75) is 52.1 Å². The maximum absolute atomic E-state index is 12.0. The van der Waals surface area contributed by atoms with Crippen molar-refractivity contribution in [1.29, 1.82) is 0 Å². The van der Waals surface area contributed by atoms with Gasteiger partial charge in [0.15, 0.2) is 0 Å². The van der Waals surface area contributed by atoms with Crippen molar-refractivity contribution in [3.05, 3.63) is 0 Å². The monoisotopic (exact) mass is 253 g/mol. The van der Waals surface area contributed by atoms with Crippen LogP contribution in [0.25, 0.3) is 0 Å². The number of piperidine rings is 1. The van der Waals surface area contributed by atoms with Crippen LogP contribution in [0.3, 0.4) is 0 Å². The van der Waals surface area contributed by atoms with Crippen molar-refractivity contribution in [3.8, 4) is 0 Å². The number of nitrogens with zero attached hydrogens (tertiary/aromatic N) is 1. The van der Waals surface area contributed by atoms with Crippen LogP contribution in [0.4, 0.5) is 4.79 Å². The summed E-state index contributed by atoms with van der Waals surface area (Å²) in [5.41, 5.74) is -0.448. The van der Waals surface area contributed by atoms with E-state index in [-0.39, 0.29) is 12.0 Å². The quantitative estimate of drug-likeness (QED) is 0.666. The Bertz CT molecular complexity index is 345. The molecule has 1 saturated heterocycles. The van der Waals surface area contributed by atoms with Gasteiger partial charge in [-0.2, -0.15) is 0 Å². The zero-order valence-corrected chi connectivity index (χ0v) is 11.6. The minimum absolute atomic E-state index is 0.192. The fourth-order valence-electron chi connectivity index (χ4n) is 2.96. The Morgan fingerprint density at radius 1 is 1.33 bits per heavy atom. The Labute approximate surface area is 109 Å². The van der Waals surface area contributed by atoms with Gasteiger partial charge in [-0.1, -0.05) is 0 Å². The minimum atomic E-state index is -0.448. The molecule has 2 fully saturated rings. The molecule has 2 atom stereocenters. The number of likely N-dealkylation sites (tertiary alicyclic amines) is 1. The third-order valence-corrected chi connectivity index (χ3v) is 3.80. The normalized spacial score (nSPS) is 28.8. The molecule has 0 aromatic rings. The maximum Gasteiger partial charge on any atom is 0.410 e. The summed E-state index contributed by atoms with van der Waals surface area (Å²) in [5, 5.41) is 0. The number of fused-ring (bicyclic) bond motifs is 1. The van der Waals surface area contributed by atoms with Gasteiger partial charge in [-0.15, -0.1) is 0 Å². The molecule has 0 aromatic carbocycles. The van der Waals surface area contributed by atoms with E-state index in [2.05, 4.69) is 0 Å². The second-order valence-corrected chi connectivity index (χ2v) is 6.44. The average molecular weight is 253 g/mol. The van der Waals surface area contributed by atoms with Crippen molar-refractivity contribution < 1.29 is 14.3 Å². The molecule has 0 radical (unpaired) electrons. The Kier molecular flexibility index (Phi) is 3.64. The number of hydrogen-bond donors (Lipinski definition) is 0. The lowest BCUT2D eigenvalue weighted by Gasteiger charge is -2.40. The lowest BCUT2D eigenvalue weighted by molar-refractivity contribution is -0.129. The van der Waals surface area contributed by atoms with Crippen LogP contribution >= 0.6 is 0 Å². The highest BCUT2D eigenvalue weighted by molar-refractivity contribution is 5.82. The molecule has 18 heavy (non-hydrogen) atoms. The van der Waals surface area contributed by atoms with Gasteiger partial charge in [0.25, 0.3) is 0 Å². The summed E-state index contributed by atoms with van der Waals surface area (Å²) in [7, 11) is 0. The van der Waals surface area contributed by atoms with Gasteiger partial charge >= 0.3 is 6.09 Å². The van der Waals surface area contributed by atoms with Crippen LogP contribution in [0.2, 0.25) is 0 Å². The summed E-state index contributed by atoms with van der Waals surface area (Å²) in [4.78, 5) is 25.6. The van der Waals surface area contributed by atoms with Gasteiger partial charge in [-0.05, 0) is 46.0 Å². The van der Waals surface area contributed by atoms with Crippen LogP contribution in [0.5, 0.6) is 0 Å². The molecule has 1 saturated carbocycles. The van der Waals surface area contributed by atoms with E-state index in [0.29, 0.717) is 24.8 Å². The third kappa shape index (κ3) is 3.03. The SMILES string of the molecule is CC(C)(C)OC(=O)N1CCC2C(=O)CCCC2C1. The molecule has 0 aromatic heterocycles. The number of amides is 1. The lowest BCUT2D eigenvalue weighted by atomic mass is 9.74. The van der Waals surface area contributed by atoms with Crippen LogP contribution in [0.1, 0.15) is 46.5 Å². The van der Waals surface area contributed by atoms with Crippen molar-refractivity contribution >= 4 is 11.9 Å². The molecule has 1 amide bonds. The van der Waals surface area contributed by atoms with Gasteiger partial charge < -0.3 is 9.64 Å². The fraction of sp³-hybridized carbons (Fsp3) is 0.857. The second kappa shape index (κ2) is 4.90.